The van der Waals surface area contributed by atoms with E-state index in [9.17, 15) is 9.59 Å². The average molecular weight is 578 g/mol. The summed E-state index contributed by atoms with van der Waals surface area (Å²) in [7, 11) is 0. The quantitative estimate of drug-likeness (QED) is 0.212. The second-order valence-electron chi connectivity index (χ2n) is 9.00. The van der Waals surface area contributed by atoms with Crippen molar-refractivity contribution in [2.45, 2.75) is 32.1 Å². The molecule has 4 rings (SSSR count). The summed E-state index contributed by atoms with van der Waals surface area (Å²) in [4.78, 5) is 33.0. The zero-order chi connectivity index (χ0) is 25.7. The zero-order valence-electron chi connectivity index (χ0n) is 21.9. The van der Waals surface area contributed by atoms with E-state index in [1.165, 1.54) is 0 Å². The van der Waals surface area contributed by atoms with Gasteiger partial charge in [-0.1, -0.05) is 19.3 Å². The molecule has 12 heteroatoms. The fourth-order valence-corrected chi connectivity index (χ4v) is 4.14. The predicted molar refractivity (Wildman–Crippen MR) is 163 cm³/mol. The van der Waals surface area contributed by atoms with Crippen LogP contribution in [0.25, 0.3) is 0 Å². The number of unbranched alkanes of at least 4 members (excludes halogenated alkanes) is 4. The van der Waals surface area contributed by atoms with Crippen molar-refractivity contribution in [2.24, 2.45) is 9.98 Å². The van der Waals surface area contributed by atoms with E-state index >= 15 is 0 Å². The summed E-state index contributed by atoms with van der Waals surface area (Å²) in [6, 6.07) is 14.9. The third-order valence-corrected chi connectivity index (χ3v) is 6.11. The molecule has 2 aromatic rings. The van der Waals surface area contributed by atoms with Gasteiger partial charge in [0.25, 0.3) is 0 Å². The van der Waals surface area contributed by atoms with E-state index in [0.29, 0.717) is 13.1 Å². The first kappa shape index (κ1) is 31.7. The van der Waals surface area contributed by atoms with Crippen LogP contribution < -0.4 is 31.9 Å². The average Bonchev–Trinajstić information content (AvgIpc) is 3.64. The van der Waals surface area contributed by atoms with Gasteiger partial charge in [-0.05, 0) is 61.4 Å². The molecule has 4 amide bonds. The molecule has 0 radical (unpaired) electrons. The van der Waals surface area contributed by atoms with Crippen LogP contribution in [0, 0.1) is 0 Å². The lowest BCUT2D eigenvalue weighted by Gasteiger charge is -2.09. The van der Waals surface area contributed by atoms with Crippen molar-refractivity contribution >= 4 is 59.9 Å². The molecule has 0 atom stereocenters. The predicted octanol–water partition coefficient (Wildman–Crippen LogP) is 4.12. The van der Waals surface area contributed by atoms with Gasteiger partial charge in [0.2, 0.25) is 0 Å². The maximum Gasteiger partial charge on any atom is 0.319 e. The van der Waals surface area contributed by atoms with Crippen LogP contribution in [0.15, 0.2) is 58.5 Å². The molecule has 2 aliphatic heterocycles. The molecular weight excluding hydrogens is 539 g/mol. The first-order valence-electron chi connectivity index (χ1n) is 13.0. The highest BCUT2D eigenvalue weighted by Gasteiger charge is 2.09. The molecule has 39 heavy (non-hydrogen) atoms. The van der Waals surface area contributed by atoms with Crippen LogP contribution in [0.2, 0.25) is 0 Å². The molecule has 0 saturated heterocycles. The fraction of sp³-hybridized carbons (Fsp3) is 0.407. The van der Waals surface area contributed by atoms with Crippen LogP contribution in [-0.4, -0.2) is 63.0 Å². The van der Waals surface area contributed by atoms with Crippen molar-refractivity contribution in [1.29, 1.82) is 0 Å². The van der Waals surface area contributed by atoms with E-state index in [1.807, 2.05) is 48.5 Å². The van der Waals surface area contributed by atoms with Gasteiger partial charge in [-0.25, -0.2) is 9.59 Å². The van der Waals surface area contributed by atoms with Crippen LogP contribution in [0.5, 0.6) is 0 Å². The lowest BCUT2D eigenvalue weighted by atomic mass is 10.1. The van der Waals surface area contributed by atoms with Crippen molar-refractivity contribution in [2.75, 3.05) is 49.9 Å². The van der Waals surface area contributed by atoms with E-state index in [0.717, 1.165) is 92.5 Å². The van der Waals surface area contributed by atoms with E-state index in [2.05, 4.69) is 41.9 Å². The van der Waals surface area contributed by atoms with Gasteiger partial charge in [-0.2, -0.15) is 0 Å². The van der Waals surface area contributed by atoms with Crippen LogP contribution in [0.3, 0.4) is 0 Å². The molecule has 6 N–H and O–H groups in total. The summed E-state index contributed by atoms with van der Waals surface area (Å²) in [5, 5.41) is 18.0. The van der Waals surface area contributed by atoms with Crippen LogP contribution in [0.4, 0.5) is 21.0 Å². The van der Waals surface area contributed by atoms with Gasteiger partial charge in [0.15, 0.2) is 0 Å². The van der Waals surface area contributed by atoms with Gasteiger partial charge < -0.3 is 31.9 Å². The number of urea groups is 2. The highest BCUT2D eigenvalue weighted by atomic mass is 35.5. The highest BCUT2D eigenvalue weighted by Crippen LogP contribution is 2.12. The van der Waals surface area contributed by atoms with Gasteiger partial charge in [-0.15, -0.1) is 24.8 Å². The molecule has 2 aliphatic rings. The van der Waals surface area contributed by atoms with Crippen molar-refractivity contribution in [1.82, 2.24) is 21.3 Å². The number of hydrogen-bond acceptors (Lipinski definition) is 6. The molecule has 0 fully saturated rings. The molecule has 0 aliphatic carbocycles. The number of hydrogen-bond donors (Lipinski definition) is 6. The number of carbonyl (C=O) groups excluding carboxylic acids is 2. The van der Waals surface area contributed by atoms with E-state index in [-0.39, 0.29) is 36.9 Å². The van der Waals surface area contributed by atoms with E-state index in [1.54, 1.807) is 0 Å². The minimum atomic E-state index is -0.196. The molecule has 2 aromatic carbocycles. The number of amidine groups is 2. The normalized spacial score (nSPS) is 13.4. The first-order valence-corrected chi connectivity index (χ1v) is 13.0. The Bertz CT molecular complexity index is 1020. The number of benzene rings is 2. The number of carbonyl (C=O) groups is 2. The Morgan fingerprint density at radius 2 is 1.00 bits per heavy atom. The molecule has 2 heterocycles. The summed E-state index contributed by atoms with van der Waals surface area (Å²) in [6.45, 7) is 4.61. The van der Waals surface area contributed by atoms with Crippen LogP contribution in [0.1, 0.15) is 43.2 Å². The minimum absolute atomic E-state index is 0. The third-order valence-electron chi connectivity index (χ3n) is 6.11. The Hall–Kier alpha value is -3.50. The Labute approximate surface area is 242 Å². The van der Waals surface area contributed by atoms with E-state index in [4.69, 9.17) is 0 Å². The van der Waals surface area contributed by atoms with Gasteiger partial charge in [-0.3, -0.25) is 9.98 Å². The number of amides is 4. The van der Waals surface area contributed by atoms with Crippen molar-refractivity contribution in [3.05, 3.63) is 59.7 Å². The monoisotopic (exact) mass is 576 g/mol. The summed E-state index contributed by atoms with van der Waals surface area (Å²) in [5.74, 6) is 1.81. The molecule has 0 aromatic heterocycles. The Morgan fingerprint density at radius 1 is 0.615 bits per heavy atom. The molecule has 0 unspecified atom stereocenters. The number of anilines is 2. The number of nitrogens with zero attached hydrogens (tertiary/aromatic N) is 2. The highest BCUT2D eigenvalue weighted by molar-refractivity contribution is 6.01. The van der Waals surface area contributed by atoms with Crippen LogP contribution in [-0.2, 0) is 0 Å². The Kier molecular flexibility index (Phi) is 14.0. The standard InChI is InChI=1S/C27H36N8O2.2ClH/c36-26(34-22-10-6-20(7-11-22)24-28-16-17-29-24)32-14-4-2-1-3-5-15-33-27(37)35-23-12-8-21(9-13-23)25-30-18-19-31-25;;/h6-13H,1-5,14-19H2,(H,28,29)(H,30,31)(H2,32,34,36)(H2,33,35,37);2*1H. The van der Waals surface area contributed by atoms with Gasteiger partial charge in [0.1, 0.15) is 11.7 Å². The molecule has 0 bridgehead atoms. The topological polar surface area (TPSA) is 131 Å². The van der Waals surface area contributed by atoms with Crippen molar-refractivity contribution in [3.63, 3.8) is 0 Å². The van der Waals surface area contributed by atoms with Gasteiger partial charge in [0.05, 0.1) is 13.1 Å². The molecule has 0 saturated carbocycles. The lowest BCUT2D eigenvalue weighted by Crippen LogP contribution is -2.29. The van der Waals surface area contributed by atoms with Crippen molar-refractivity contribution in [3.8, 4) is 0 Å². The summed E-state index contributed by atoms with van der Waals surface area (Å²) in [5.41, 5.74) is 3.56. The van der Waals surface area contributed by atoms with Gasteiger partial charge >= 0.3 is 12.1 Å². The lowest BCUT2D eigenvalue weighted by molar-refractivity contribution is 0.251. The maximum atomic E-state index is 12.1. The summed E-state index contributed by atoms with van der Waals surface area (Å²) in [6.07, 6.45) is 4.96. The number of halogens is 2. The third kappa shape index (κ3) is 10.6. The largest absolute Gasteiger partial charge is 0.368 e. The number of aliphatic imine (C=N–C) groups is 2. The van der Waals surface area contributed by atoms with Crippen LogP contribution >= 0.6 is 24.8 Å². The summed E-state index contributed by atoms with van der Waals surface area (Å²) < 4.78 is 0. The number of nitrogens with one attached hydrogen (secondary N) is 6. The minimum Gasteiger partial charge on any atom is -0.368 e. The molecule has 10 nitrogen and oxygen atoms in total. The second-order valence-corrected chi connectivity index (χ2v) is 9.00. The first-order chi connectivity index (χ1) is 18.2. The molecule has 0 spiro atoms. The number of rotatable bonds is 12. The van der Waals surface area contributed by atoms with Gasteiger partial charge in [0, 0.05) is 48.7 Å². The molecular formula is C27H38Cl2N8O2. The maximum absolute atomic E-state index is 12.1. The smallest absolute Gasteiger partial charge is 0.319 e. The molecule has 212 valence electrons. The fourth-order valence-electron chi connectivity index (χ4n) is 4.14. The Morgan fingerprint density at radius 3 is 1.36 bits per heavy atom. The SMILES string of the molecule is Cl.Cl.O=C(NCCCCCCCNC(=O)Nc1ccc(C2=NCCN2)cc1)Nc1ccc(C2=NCCN2)cc1. The zero-order valence-corrected chi connectivity index (χ0v) is 23.6. The van der Waals surface area contributed by atoms with E-state index < -0.39 is 0 Å². The summed E-state index contributed by atoms with van der Waals surface area (Å²) >= 11 is 0. The second kappa shape index (κ2) is 17.2. The van der Waals surface area contributed by atoms with Crippen molar-refractivity contribution < 1.29 is 9.59 Å². The Balaban J connectivity index is 0.00000267.